The van der Waals surface area contributed by atoms with Crippen molar-refractivity contribution >= 4 is 0 Å². The number of nitrogens with one attached hydrogen (secondary N) is 1. The Kier molecular flexibility index (Phi) is 5.17. The predicted octanol–water partition coefficient (Wildman–Crippen LogP) is 0.331. The molecule has 0 spiro atoms. The highest BCUT2D eigenvalue weighted by atomic mass is 16.5. The zero-order chi connectivity index (χ0) is 10.2. The quantitative estimate of drug-likeness (QED) is 0.642. The fourth-order valence-corrected chi connectivity index (χ4v) is 1.16. The third kappa shape index (κ3) is 4.34. The highest BCUT2D eigenvalue weighted by molar-refractivity contribution is 4.79. The molecule has 0 atom stereocenters. The Labute approximate surface area is 84.5 Å². The van der Waals surface area contributed by atoms with E-state index >= 15 is 0 Å². The van der Waals surface area contributed by atoms with Crippen molar-refractivity contribution in [1.29, 1.82) is 0 Å². The van der Waals surface area contributed by atoms with Crippen molar-refractivity contribution in [3.8, 4) is 0 Å². The van der Waals surface area contributed by atoms with Gasteiger partial charge in [-0.3, -0.25) is 4.68 Å². The largest absolute Gasteiger partial charge is 0.385 e. The van der Waals surface area contributed by atoms with Gasteiger partial charge >= 0.3 is 0 Å². The minimum absolute atomic E-state index is 0.744. The molecule has 1 rings (SSSR count). The third-order valence-corrected chi connectivity index (χ3v) is 1.88. The normalized spacial score (nSPS) is 10.7. The maximum Gasteiger partial charge on any atom is 0.164 e. The molecule has 0 fully saturated rings. The highest BCUT2D eigenvalue weighted by Crippen LogP contribution is 1.89. The number of methoxy groups -OCH3 is 1. The molecule has 5 heteroatoms. The molecule has 1 aromatic rings. The standard InChI is InChI=1S/C9H18N4O/c1-13-8-11-9(12-13)7-10-5-3-4-6-14-2/h8,10H,3-7H2,1-2H3. The maximum atomic E-state index is 4.95. The molecule has 0 bridgehead atoms. The van der Waals surface area contributed by atoms with Crippen molar-refractivity contribution in [2.45, 2.75) is 19.4 Å². The molecule has 0 aromatic carbocycles. The van der Waals surface area contributed by atoms with Gasteiger partial charge < -0.3 is 10.1 Å². The van der Waals surface area contributed by atoms with E-state index in [1.54, 1.807) is 18.1 Å². The predicted molar refractivity (Wildman–Crippen MR) is 53.8 cm³/mol. The summed E-state index contributed by atoms with van der Waals surface area (Å²) in [5.74, 6) is 0.847. The van der Waals surface area contributed by atoms with Crippen LogP contribution in [0.5, 0.6) is 0 Å². The summed E-state index contributed by atoms with van der Waals surface area (Å²) in [5.41, 5.74) is 0. The van der Waals surface area contributed by atoms with Crippen LogP contribution in [0.1, 0.15) is 18.7 Å². The summed E-state index contributed by atoms with van der Waals surface area (Å²) in [6, 6.07) is 0. The Bertz CT molecular complexity index is 249. The minimum Gasteiger partial charge on any atom is -0.385 e. The van der Waals surface area contributed by atoms with Gasteiger partial charge in [0.05, 0.1) is 6.54 Å². The van der Waals surface area contributed by atoms with Crippen molar-refractivity contribution in [3.05, 3.63) is 12.2 Å². The molecular weight excluding hydrogens is 180 g/mol. The zero-order valence-corrected chi connectivity index (χ0v) is 8.86. The van der Waals surface area contributed by atoms with Crippen molar-refractivity contribution in [2.75, 3.05) is 20.3 Å². The monoisotopic (exact) mass is 198 g/mol. The lowest BCUT2D eigenvalue weighted by Gasteiger charge is -2.01. The first-order valence-electron chi connectivity index (χ1n) is 4.87. The molecule has 5 nitrogen and oxygen atoms in total. The number of rotatable bonds is 7. The molecule has 1 N–H and O–H groups in total. The summed E-state index contributed by atoms with van der Waals surface area (Å²) in [4.78, 5) is 4.11. The Balaban J connectivity index is 1.99. The Morgan fingerprint density at radius 2 is 2.36 bits per heavy atom. The Morgan fingerprint density at radius 3 is 3.00 bits per heavy atom. The van der Waals surface area contributed by atoms with Crippen molar-refractivity contribution < 1.29 is 4.74 Å². The van der Waals surface area contributed by atoms with Gasteiger partial charge in [-0.15, -0.1) is 0 Å². The second-order valence-corrected chi connectivity index (χ2v) is 3.21. The molecule has 0 aliphatic carbocycles. The van der Waals surface area contributed by atoms with Gasteiger partial charge in [0, 0.05) is 20.8 Å². The van der Waals surface area contributed by atoms with Gasteiger partial charge in [0.15, 0.2) is 5.82 Å². The lowest BCUT2D eigenvalue weighted by molar-refractivity contribution is 0.192. The van der Waals surface area contributed by atoms with Crippen LogP contribution in [0.15, 0.2) is 6.33 Å². The average Bonchev–Trinajstić information content (AvgIpc) is 2.58. The first kappa shape index (κ1) is 11.1. The van der Waals surface area contributed by atoms with Crippen LogP contribution in [-0.4, -0.2) is 35.0 Å². The van der Waals surface area contributed by atoms with Crippen LogP contribution >= 0.6 is 0 Å². The van der Waals surface area contributed by atoms with Crippen molar-refractivity contribution in [3.63, 3.8) is 0 Å². The first-order chi connectivity index (χ1) is 6.83. The van der Waals surface area contributed by atoms with Crippen LogP contribution in [0, 0.1) is 0 Å². The molecule has 0 radical (unpaired) electrons. The van der Waals surface area contributed by atoms with E-state index in [0.29, 0.717) is 0 Å². The number of aryl methyl sites for hydroxylation is 1. The molecule has 0 aliphatic rings. The molecule has 80 valence electrons. The van der Waals surface area contributed by atoms with Gasteiger partial charge in [0.25, 0.3) is 0 Å². The zero-order valence-electron chi connectivity index (χ0n) is 8.86. The summed E-state index contributed by atoms with van der Waals surface area (Å²) < 4.78 is 6.66. The van der Waals surface area contributed by atoms with Crippen LogP contribution in [0.25, 0.3) is 0 Å². The van der Waals surface area contributed by atoms with Gasteiger partial charge in [-0.25, -0.2) is 4.98 Å². The Morgan fingerprint density at radius 1 is 1.50 bits per heavy atom. The summed E-state index contributed by atoms with van der Waals surface area (Å²) >= 11 is 0. The minimum atomic E-state index is 0.744. The lowest BCUT2D eigenvalue weighted by Crippen LogP contribution is -2.16. The highest BCUT2D eigenvalue weighted by Gasteiger charge is 1.96. The fraction of sp³-hybridized carbons (Fsp3) is 0.778. The van der Waals surface area contributed by atoms with Crippen molar-refractivity contribution in [2.24, 2.45) is 7.05 Å². The third-order valence-electron chi connectivity index (χ3n) is 1.88. The van der Waals surface area contributed by atoms with Gasteiger partial charge in [0.2, 0.25) is 0 Å². The lowest BCUT2D eigenvalue weighted by atomic mass is 10.3. The van der Waals surface area contributed by atoms with E-state index in [-0.39, 0.29) is 0 Å². The van der Waals surface area contributed by atoms with Gasteiger partial charge in [-0.05, 0) is 19.4 Å². The Hall–Kier alpha value is -0.940. The number of hydrogen-bond acceptors (Lipinski definition) is 4. The molecule has 14 heavy (non-hydrogen) atoms. The molecule has 0 unspecified atom stereocenters. The van der Waals surface area contributed by atoms with E-state index in [2.05, 4.69) is 15.4 Å². The number of ether oxygens (including phenoxy) is 1. The van der Waals surface area contributed by atoms with E-state index in [9.17, 15) is 0 Å². The summed E-state index contributed by atoms with van der Waals surface area (Å²) in [6.07, 6.45) is 3.93. The van der Waals surface area contributed by atoms with E-state index < -0.39 is 0 Å². The van der Waals surface area contributed by atoms with Crippen LogP contribution < -0.4 is 5.32 Å². The maximum absolute atomic E-state index is 4.95. The summed E-state index contributed by atoms with van der Waals surface area (Å²) in [7, 11) is 3.60. The second kappa shape index (κ2) is 6.50. The van der Waals surface area contributed by atoms with Gasteiger partial charge in [-0.2, -0.15) is 5.10 Å². The summed E-state index contributed by atoms with van der Waals surface area (Å²) in [6.45, 7) is 2.57. The number of hydrogen-bond donors (Lipinski definition) is 1. The number of nitrogens with zero attached hydrogens (tertiary/aromatic N) is 3. The van der Waals surface area contributed by atoms with E-state index in [4.69, 9.17) is 4.74 Å². The second-order valence-electron chi connectivity index (χ2n) is 3.21. The topological polar surface area (TPSA) is 52.0 Å². The molecular formula is C9H18N4O. The average molecular weight is 198 g/mol. The molecule has 0 saturated heterocycles. The van der Waals surface area contributed by atoms with Gasteiger partial charge in [-0.1, -0.05) is 0 Å². The van der Waals surface area contributed by atoms with Crippen molar-refractivity contribution in [1.82, 2.24) is 20.1 Å². The molecule has 1 aromatic heterocycles. The molecule has 0 saturated carbocycles. The van der Waals surface area contributed by atoms with Crippen LogP contribution in [-0.2, 0) is 18.3 Å². The van der Waals surface area contributed by atoms with Crippen LogP contribution in [0.4, 0.5) is 0 Å². The smallest absolute Gasteiger partial charge is 0.164 e. The van der Waals surface area contributed by atoms with E-state index in [1.165, 1.54) is 0 Å². The molecule has 0 amide bonds. The number of aromatic nitrogens is 3. The molecule has 0 aliphatic heterocycles. The summed E-state index contributed by atoms with van der Waals surface area (Å²) in [5, 5.41) is 7.44. The van der Waals surface area contributed by atoms with Crippen LogP contribution in [0.3, 0.4) is 0 Å². The SMILES string of the molecule is COCCCCNCc1ncn(C)n1. The number of unbranched alkanes of at least 4 members (excludes halogenated alkanes) is 1. The first-order valence-corrected chi connectivity index (χ1v) is 4.87. The van der Waals surface area contributed by atoms with Gasteiger partial charge in [0.1, 0.15) is 6.33 Å². The molecule has 1 heterocycles. The fourth-order valence-electron chi connectivity index (χ4n) is 1.16. The van der Waals surface area contributed by atoms with Crippen LogP contribution in [0.2, 0.25) is 0 Å². The van der Waals surface area contributed by atoms with E-state index in [1.807, 2.05) is 7.05 Å². The van der Waals surface area contributed by atoms with E-state index in [0.717, 1.165) is 38.4 Å².